The summed E-state index contributed by atoms with van der Waals surface area (Å²) in [6, 6.07) is 24.0. The average molecular weight is 416 g/mol. The van der Waals surface area contributed by atoms with Crippen molar-refractivity contribution in [2.24, 2.45) is 0 Å². The van der Waals surface area contributed by atoms with Gasteiger partial charge in [-0.15, -0.1) is 0 Å². The predicted octanol–water partition coefficient (Wildman–Crippen LogP) is 5.23. The van der Waals surface area contributed by atoms with E-state index in [2.05, 4.69) is 0 Å². The predicted molar refractivity (Wildman–Crippen MR) is 117 cm³/mol. The van der Waals surface area contributed by atoms with Gasteiger partial charge in [0.05, 0.1) is 17.0 Å². The zero-order chi connectivity index (χ0) is 20.7. The summed E-state index contributed by atoms with van der Waals surface area (Å²) in [4.78, 5) is 28.5. The number of benzene rings is 3. The van der Waals surface area contributed by atoms with Gasteiger partial charge in [0.2, 0.25) is 5.76 Å². The number of amides is 1. The fraction of sp³-hybridized carbons (Fsp3) is 0.120. The van der Waals surface area contributed by atoms with Crippen LogP contribution < -0.4 is 5.43 Å². The van der Waals surface area contributed by atoms with Crippen LogP contribution in [0.4, 0.5) is 0 Å². The van der Waals surface area contributed by atoms with E-state index in [1.54, 1.807) is 23.1 Å². The molecule has 1 aliphatic heterocycles. The monoisotopic (exact) mass is 415 g/mol. The second kappa shape index (κ2) is 7.47. The zero-order valence-electron chi connectivity index (χ0n) is 16.0. The molecule has 1 aliphatic rings. The van der Waals surface area contributed by atoms with Crippen LogP contribution in [0.25, 0.3) is 11.0 Å². The Morgan fingerprint density at radius 1 is 0.900 bits per heavy atom. The molecule has 4 nitrogen and oxygen atoms in total. The number of hydrogen-bond donors (Lipinski definition) is 0. The molecule has 5 rings (SSSR count). The van der Waals surface area contributed by atoms with Crippen LogP contribution in [0.5, 0.6) is 0 Å². The third kappa shape index (κ3) is 3.10. The highest BCUT2D eigenvalue weighted by Crippen LogP contribution is 2.38. The SMILES string of the molecule is O=C1c2oc3ccc(Cl)cc3c(=O)c2[C@H](c2ccccc2)N1CCc1ccccc1. The van der Waals surface area contributed by atoms with Crippen molar-refractivity contribution in [1.82, 2.24) is 4.90 Å². The molecule has 0 unspecified atom stereocenters. The van der Waals surface area contributed by atoms with Crippen molar-refractivity contribution in [1.29, 1.82) is 0 Å². The van der Waals surface area contributed by atoms with Crippen molar-refractivity contribution in [2.75, 3.05) is 6.54 Å². The third-order valence-electron chi connectivity index (χ3n) is 5.53. The minimum Gasteiger partial charge on any atom is -0.450 e. The van der Waals surface area contributed by atoms with Gasteiger partial charge in [-0.2, -0.15) is 0 Å². The largest absolute Gasteiger partial charge is 0.450 e. The molecule has 1 atom stereocenters. The normalized spacial score (nSPS) is 15.6. The van der Waals surface area contributed by atoms with Crippen LogP contribution in [0.15, 0.2) is 88.1 Å². The lowest BCUT2D eigenvalue weighted by molar-refractivity contribution is 0.0730. The molecule has 1 aromatic heterocycles. The van der Waals surface area contributed by atoms with Gasteiger partial charge < -0.3 is 9.32 Å². The standard InChI is InChI=1S/C25H18ClNO3/c26-18-11-12-20-19(15-18)23(28)21-22(17-9-5-2-6-10-17)27(25(29)24(21)30-20)14-13-16-7-3-1-4-8-16/h1-12,15,22H,13-14H2/t22-/m0/s1. The van der Waals surface area contributed by atoms with Gasteiger partial charge in [0.15, 0.2) is 5.43 Å². The maximum Gasteiger partial charge on any atom is 0.290 e. The highest BCUT2D eigenvalue weighted by Gasteiger charge is 2.42. The third-order valence-corrected chi connectivity index (χ3v) is 5.76. The first-order chi connectivity index (χ1) is 14.6. The number of nitrogens with zero attached hydrogens (tertiary/aromatic N) is 1. The molecular weight excluding hydrogens is 398 g/mol. The Labute approximate surface area is 178 Å². The average Bonchev–Trinajstić information content (AvgIpc) is 3.06. The molecular formula is C25H18ClNO3. The summed E-state index contributed by atoms with van der Waals surface area (Å²) >= 11 is 6.11. The second-order valence-electron chi connectivity index (χ2n) is 7.36. The first-order valence-electron chi connectivity index (χ1n) is 9.79. The zero-order valence-corrected chi connectivity index (χ0v) is 16.8. The fourth-order valence-electron chi connectivity index (χ4n) is 4.10. The van der Waals surface area contributed by atoms with Crippen LogP contribution in [0.3, 0.4) is 0 Å². The molecule has 0 N–H and O–H groups in total. The molecule has 3 aromatic carbocycles. The van der Waals surface area contributed by atoms with Gasteiger partial charge in [-0.25, -0.2) is 0 Å². The Bertz CT molecular complexity index is 1300. The summed E-state index contributed by atoms with van der Waals surface area (Å²) in [5, 5.41) is 0.844. The summed E-state index contributed by atoms with van der Waals surface area (Å²) in [6.45, 7) is 0.475. The summed E-state index contributed by atoms with van der Waals surface area (Å²) in [6.07, 6.45) is 0.684. The quantitative estimate of drug-likeness (QED) is 0.458. The molecule has 5 heteroatoms. The van der Waals surface area contributed by atoms with Gasteiger partial charge in [0, 0.05) is 11.6 Å². The molecule has 148 valence electrons. The smallest absolute Gasteiger partial charge is 0.290 e. The van der Waals surface area contributed by atoms with Crippen LogP contribution in [0.1, 0.15) is 33.3 Å². The summed E-state index contributed by atoms with van der Waals surface area (Å²) < 4.78 is 5.94. The molecule has 0 aliphatic carbocycles. The van der Waals surface area contributed by atoms with Crippen LogP contribution >= 0.6 is 11.6 Å². The van der Waals surface area contributed by atoms with Crippen molar-refractivity contribution in [3.05, 3.63) is 117 Å². The van der Waals surface area contributed by atoms with E-state index in [0.717, 1.165) is 11.1 Å². The number of hydrogen-bond acceptors (Lipinski definition) is 3. The van der Waals surface area contributed by atoms with Gasteiger partial charge in [-0.05, 0) is 35.7 Å². The molecule has 0 spiro atoms. The van der Waals surface area contributed by atoms with E-state index < -0.39 is 6.04 Å². The molecule has 2 heterocycles. The molecule has 0 fully saturated rings. The van der Waals surface area contributed by atoms with Crippen LogP contribution in [0, 0.1) is 0 Å². The minimum atomic E-state index is -0.489. The van der Waals surface area contributed by atoms with E-state index in [-0.39, 0.29) is 17.1 Å². The highest BCUT2D eigenvalue weighted by molar-refractivity contribution is 6.31. The van der Waals surface area contributed by atoms with Crippen molar-refractivity contribution in [3.63, 3.8) is 0 Å². The molecule has 0 saturated carbocycles. The molecule has 0 saturated heterocycles. The van der Waals surface area contributed by atoms with E-state index in [1.807, 2.05) is 60.7 Å². The Hall–Kier alpha value is -3.37. The fourth-order valence-corrected chi connectivity index (χ4v) is 4.27. The second-order valence-corrected chi connectivity index (χ2v) is 7.80. The highest BCUT2D eigenvalue weighted by atomic mass is 35.5. The van der Waals surface area contributed by atoms with Crippen molar-refractivity contribution in [3.8, 4) is 0 Å². The number of halogens is 1. The Morgan fingerprint density at radius 3 is 2.33 bits per heavy atom. The van der Waals surface area contributed by atoms with E-state index in [9.17, 15) is 9.59 Å². The van der Waals surface area contributed by atoms with Crippen molar-refractivity contribution >= 4 is 28.5 Å². The Morgan fingerprint density at radius 2 is 1.60 bits per heavy atom. The van der Waals surface area contributed by atoms with Crippen LogP contribution in [-0.2, 0) is 6.42 Å². The van der Waals surface area contributed by atoms with Gasteiger partial charge in [-0.1, -0.05) is 72.3 Å². The first kappa shape index (κ1) is 18.6. The molecule has 30 heavy (non-hydrogen) atoms. The molecule has 1 amide bonds. The van der Waals surface area contributed by atoms with Gasteiger partial charge in [-0.3, -0.25) is 9.59 Å². The van der Waals surface area contributed by atoms with Crippen molar-refractivity contribution in [2.45, 2.75) is 12.5 Å². The van der Waals surface area contributed by atoms with E-state index in [1.165, 1.54) is 0 Å². The molecule has 0 bridgehead atoms. The lowest BCUT2D eigenvalue weighted by atomic mass is 9.98. The van der Waals surface area contributed by atoms with E-state index >= 15 is 0 Å². The summed E-state index contributed by atoms with van der Waals surface area (Å²) in [5.74, 6) is -0.138. The van der Waals surface area contributed by atoms with E-state index in [0.29, 0.717) is 34.5 Å². The number of carbonyl (C=O) groups is 1. The lowest BCUT2D eigenvalue weighted by Crippen LogP contribution is -2.31. The maximum atomic E-state index is 13.4. The minimum absolute atomic E-state index is 0.122. The first-order valence-corrected chi connectivity index (χ1v) is 10.2. The number of carbonyl (C=O) groups excluding carboxylic acids is 1. The van der Waals surface area contributed by atoms with Gasteiger partial charge in [0.25, 0.3) is 5.91 Å². The topological polar surface area (TPSA) is 50.5 Å². The lowest BCUT2D eigenvalue weighted by Gasteiger charge is -2.25. The molecule has 0 radical (unpaired) electrons. The van der Waals surface area contributed by atoms with Gasteiger partial charge >= 0.3 is 0 Å². The number of fused-ring (bicyclic) bond motifs is 2. The maximum absolute atomic E-state index is 13.4. The number of rotatable bonds is 4. The Kier molecular flexibility index (Phi) is 4.64. The van der Waals surface area contributed by atoms with E-state index in [4.69, 9.17) is 16.0 Å². The van der Waals surface area contributed by atoms with Crippen molar-refractivity contribution < 1.29 is 9.21 Å². The molecule has 4 aromatic rings. The summed E-state index contributed by atoms with van der Waals surface area (Å²) in [7, 11) is 0. The Balaban J connectivity index is 1.65. The van der Waals surface area contributed by atoms with Crippen LogP contribution in [0.2, 0.25) is 5.02 Å². The van der Waals surface area contributed by atoms with Crippen LogP contribution in [-0.4, -0.2) is 17.4 Å². The summed E-state index contributed by atoms with van der Waals surface area (Å²) in [5.41, 5.74) is 2.55. The van der Waals surface area contributed by atoms with Gasteiger partial charge in [0.1, 0.15) is 5.58 Å².